The molecule has 13 heavy (non-hydrogen) atoms. The minimum atomic E-state index is 0.256. The van der Waals surface area contributed by atoms with Gasteiger partial charge < -0.3 is 0 Å². The van der Waals surface area contributed by atoms with Crippen LogP contribution >= 0.6 is 0 Å². The van der Waals surface area contributed by atoms with E-state index in [-0.39, 0.29) is 5.41 Å². The van der Waals surface area contributed by atoms with E-state index in [4.69, 9.17) is 0 Å². The number of hydrogen-bond donors (Lipinski definition) is 0. The molecule has 1 aromatic heterocycles. The van der Waals surface area contributed by atoms with E-state index in [2.05, 4.69) is 43.5 Å². The first-order chi connectivity index (χ1) is 6.11. The van der Waals surface area contributed by atoms with E-state index in [1.165, 1.54) is 5.69 Å². The molecule has 0 amide bonds. The van der Waals surface area contributed by atoms with Crippen LogP contribution in [0.25, 0.3) is 0 Å². The highest BCUT2D eigenvalue weighted by molar-refractivity contribution is 5.13. The van der Waals surface area contributed by atoms with Crippen molar-refractivity contribution in [2.75, 3.05) is 0 Å². The first kappa shape index (κ1) is 10.3. The zero-order chi connectivity index (χ0) is 9.90. The molecular formula is C11H20N2. The molecule has 0 saturated carbocycles. The largest absolute Gasteiger partial charge is 0.269 e. The minimum Gasteiger partial charge on any atom is -0.269 e. The second-order valence-corrected chi connectivity index (χ2v) is 4.18. The minimum absolute atomic E-state index is 0.256. The van der Waals surface area contributed by atoms with Crippen molar-refractivity contribution in [1.29, 1.82) is 0 Å². The summed E-state index contributed by atoms with van der Waals surface area (Å²) < 4.78 is 2.13. The Hall–Kier alpha value is -0.790. The number of nitrogens with zero attached hydrogens (tertiary/aromatic N) is 2. The molecule has 2 heteroatoms. The van der Waals surface area contributed by atoms with Crippen molar-refractivity contribution >= 4 is 0 Å². The van der Waals surface area contributed by atoms with Crippen LogP contribution in [-0.2, 0) is 12.0 Å². The maximum Gasteiger partial charge on any atom is 0.0492 e. The van der Waals surface area contributed by atoms with Crippen LogP contribution in [0.5, 0.6) is 0 Å². The average Bonchev–Trinajstić information content (AvgIpc) is 2.54. The molecule has 0 fully saturated rings. The summed E-state index contributed by atoms with van der Waals surface area (Å²) >= 11 is 0. The summed E-state index contributed by atoms with van der Waals surface area (Å²) in [4.78, 5) is 0. The maximum absolute atomic E-state index is 4.34. The second-order valence-electron chi connectivity index (χ2n) is 4.18. The van der Waals surface area contributed by atoms with Crippen molar-refractivity contribution in [3.63, 3.8) is 0 Å². The monoisotopic (exact) mass is 180 g/mol. The van der Waals surface area contributed by atoms with Gasteiger partial charge in [-0.25, -0.2) is 0 Å². The molecule has 74 valence electrons. The van der Waals surface area contributed by atoms with Gasteiger partial charge in [0, 0.05) is 23.9 Å². The van der Waals surface area contributed by atoms with Gasteiger partial charge in [-0.3, -0.25) is 4.68 Å². The Bertz CT molecular complexity index is 261. The molecule has 1 heterocycles. The second kappa shape index (κ2) is 3.95. The standard InChI is InChI=1S/C11H20N2/c1-5-9-13-10(7-8-12-13)11(3,4)6-2/h7-8H,5-6,9H2,1-4H3. The van der Waals surface area contributed by atoms with Crippen LogP contribution < -0.4 is 0 Å². The highest BCUT2D eigenvalue weighted by Gasteiger charge is 2.21. The quantitative estimate of drug-likeness (QED) is 0.696. The maximum atomic E-state index is 4.34. The van der Waals surface area contributed by atoms with Crippen molar-refractivity contribution < 1.29 is 0 Å². The Morgan fingerprint density at radius 1 is 1.38 bits per heavy atom. The van der Waals surface area contributed by atoms with Crippen molar-refractivity contribution in [2.45, 2.75) is 52.5 Å². The van der Waals surface area contributed by atoms with Crippen molar-refractivity contribution in [2.24, 2.45) is 0 Å². The average molecular weight is 180 g/mol. The molecule has 0 aromatic carbocycles. The summed E-state index contributed by atoms with van der Waals surface area (Å²) in [6.07, 6.45) is 4.21. The topological polar surface area (TPSA) is 17.8 Å². The van der Waals surface area contributed by atoms with Crippen molar-refractivity contribution in [1.82, 2.24) is 9.78 Å². The summed E-state index contributed by atoms with van der Waals surface area (Å²) in [6, 6.07) is 2.14. The Morgan fingerprint density at radius 3 is 2.62 bits per heavy atom. The van der Waals surface area contributed by atoms with E-state index in [0.29, 0.717) is 0 Å². The van der Waals surface area contributed by atoms with E-state index in [1.54, 1.807) is 0 Å². The van der Waals surface area contributed by atoms with Gasteiger partial charge in [-0.1, -0.05) is 27.7 Å². The Balaban J connectivity index is 2.93. The van der Waals surface area contributed by atoms with Gasteiger partial charge in [-0.2, -0.15) is 5.10 Å². The molecule has 0 bridgehead atoms. The lowest BCUT2D eigenvalue weighted by Crippen LogP contribution is -2.21. The fraction of sp³-hybridized carbons (Fsp3) is 0.727. The van der Waals surface area contributed by atoms with E-state index < -0.39 is 0 Å². The predicted octanol–water partition coefficient (Wildman–Crippen LogP) is 2.98. The smallest absolute Gasteiger partial charge is 0.0492 e. The molecule has 0 aliphatic carbocycles. The third kappa shape index (κ3) is 2.11. The van der Waals surface area contributed by atoms with E-state index >= 15 is 0 Å². The van der Waals surface area contributed by atoms with Gasteiger partial charge in [0.1, 0.15) is 0 Å². The molecule has 2 nitrogen and oxygen atoms in total. The number of aryl methyl sites for hydroxylation is 1. The van der Waals surface area contributed by atoms with Gasteiger partial charge in [-0.05, 0) is 18.9 Å². The lowest BCUT2D eigenvalue weighted by molar-refractivity contribution is 0.437. The molecule has 0 unspecified atom stereocenters. The summed E-state index contributed by atoms with van der Waals surface area (Å²) in [5.74, 6) is 0. The summed E-state index contributed by atoms with van der Waals surface area (Å²) in [5, 5.41) is 4.34. The Labute approximate surface area is 81.0 Å². The lowest BCUT2D eigenvalue weighted by atomic mass is 9.86. The molecular weight excluding hydrogens is 160 g/mol. The Morgan fingerprint density at radius 2 is 2.08 bits per heavy atom. The summed E-state index contributed by atoms with van der Waals surface area (Å²) in [7, 11) is 0. The molecule has 0 spiro atoms. The highest BCUT2D eigenvalue weighted by Crippen LogP contribution is 2.26. The van der Waals surface area contributed by atoms with Gasteiger partial charge in [0.2, 0.25) is 0 Å². The lowest BCUT2D eigenvalue weighted by Gasteiger charge is -2.23. The normalized spacial score (nSPS) is 12.0. The SMILES string of the molecule is CCCn1nccc1C(C)(C)CC. The van der Waals surface area contributed by atoms with Gasteiger partial charge in [0.05, 0.1) is 0 Å². The molecule has 1 aromatic rings. The van der Waals surface area contributed by atoms with Gasteiger partial charge in [0.15, 0.2) is 0 Å². The van der Waals surface area contributed by atoms with Crippen LogP contribution in [-0.4, -0.2) is 9.78 Å². The zero-order valence-electron chi connectivity index (χ0n) is 9.17. The van der Waals surface area contributed by atoms with Crippen LogP contribution in [0, 0.1) is 0 Å². The van der Waals surface area contributed by atoms with Crippen LogP contribution in [0.4, 0.5) is 0 Å². The Kier molecular flexibility index (Phi) is 3.12. The van der Waals surface area contributed by atoms with Crippen molar-refractivity contribution in [3.8, 4) is 0 Å². The van der Waals surface area contributed by atoms with Gasteiger partial charge >= 0.3 is 0 Å². The van der Waals surface area contributed by atoms with Gasteiger partial charge in [0.25, 0.3) is 0 Å². The van der Waals surface area contributed by atoms with Crippen LogP contribution in [0.3, 0.4) is 0 Å². The fourth-order valence-electron chi connectivity index (χ4n) is 1.48. The molecule has 0 atom stereocenters. The first-order valence-corrected chi connectivity index (χ1v) is 5.14. The molecule has 0 aliphatic rings. The van der Waals surface area contributed by atoms with E-state index in [0.717, 1.165) is 19.4 Å². The highest BCUT2D eigenvalue weighted by atomic mass is 15.3. The predicted molar refractivity (Wildman–Crippen MR) is 55.8 cm³/mol. The number of rotatable bonds is 4. The molecule has 0 N–H and O–H groups in total. The van der Waals surface area contributed by atoms with Gasteiger partial charge in [-0.15, -0.1) is 0 Å². The number of hydrogen-bond acceptors (Lipinski definition) is 1. The fourth-order valence-corrected chi connectivity index (χ4v) is 1.48. The summed E-state index contributed by atoms with van der Waals surface area (Å²) in [6.45, 7) is 9.99. The van der Waals surface area contributed by atoms with E-state index in [9.17, 15) is 0 Å². The summed E-state index contributed by atoms with van der Waals surface area (Å²) in [5.41, 5.74) is 1.61. The van der Waals surface area contributed by atoms with E-state index in [1.807, 2.05) is 6.20 Å². The zero-order valence-corrected chi connectivity index (χ0v) is 9.17. The molecule has 0 radical (unpaired) electrons. The molecule has 0 saturated heterocycles. The number of aromatic nitrogens is 2. The van der Waals surface area contributed by atoms with Crippen molar-refractivity contribution in [3.05, 3.63) is 18.0 Å². The molecule has 1 rings (SSSR count). The third-order valence-corrected chi connectivity index (χ3v) is 2.73. The van der Waals surface area contributed by atoms with Crippen LogP contribution in [0.15, 0.2) is 12.3 Å². The molecule has 0 aliphatic heterocycles. The van der Waals surface area contributed by atoms with Crippen LogP contribution in [0.2, 0.25) is 0 Å². The third-order valence-electron chi connectivity index (χ3n) is 2.73. The first-order valence-electron chi connectivity index (χ1n) is 5.14. The van der Waals surface area contributed by atoms with Crippen LogP contribution in [0.1, 0.15) is 46.2 Å².